The monoisotopic (exact) mass is 310 g/mol. The maximum Gasteiger partial charge on any atom is 0.181 e. The van der Waals surface area contributed by atoms with Gasteiger partial charge < -0.3 is 0 Å². The molecule has 4 nitrogen and oxygen atoms in total. The fraction of sp³-hybridized carbons (Fsp3) is 0.400. The van der Waals surface area contributed by atoms with E-state index in [1.807, 2.05) is 17.8 Å². The summed E-state index contributed by atoms with van der Waals surface area (Å²) in [5, 5.41) is 4.17. The van der Waals surface area contributed by atoms with Gasteiger partial charge >= 0.3 is 0 Å². The third-order valence-electron chi connectivity index (χ3n) is 3.23. The Bertz CT molecular complexity index is 695. The minimum absolute atomic E-state index is 0.0218. The van der Waals surface area contributed by atoms with Gasteiger partial charge in [0.05, 0.1) is 11.9 Å². The molecule has 0 atom stereocenters. The Morgan fingerprint density at radius 3 is 2.62 bits per heavy atom. The van der Waals surface area contributed by atoms with Crippen LogP contribution in [-0.4, -0.2) is 24.0 Å². The molecule has 0 radical (unpaired) electrons. The molecule has 6 heteroatoms. The van der Waals surface area contributed by atoms with E-state index in [1.54, 1.807) is 6.20 Å². The van der Waals surface area contributed by atoms with Gasteiger partial charge in [0.2, 0.25) is 0 Å². The predicted octanol–water partition coefficient (Wildman–Crippen LogP) is 2.97. The van der Waals surface area contributed by atoms with E-state index in [9.17, 15) is 12.8 Å². The van der Waals surface area contributed by atoms with Crippen LogP contribution in [0.25, 0.3) is 0 Å². The van der Waals surface area contributed by atoms with Crippen LogP contribution in [0.4, 0.5) is 4.39 Å². The summed E-state index contributed by atoms with van der Waals surface area (Å²) in [6.07, 6.45) is 5.90. The van der Waals surface area contributed by atoms with Crippen LogP contribution < -0.4 is 0 Å². The quantitative estimate of drug-likeness (QED) is 0.739. The van der Waals surface area contributed by atoms with Crippen molar-refractivity contribution in [2.45, 2.75) is 37.6 Å². The topological polar surface area (TPSA) is 52.0 Å². The van der Waals surface area contributed by atoms with Crippen molar-refractivity contribution in [1.82, 2.24) is 9.78 Å². The molecule has 0 unspecified atom stereocenters. The number of aryl methyl sites for hydroxylation is 2. The maximum absolute atomic E-state index is 13.5. The highest BCUT2D eigenvalue weighted by Gasteiger charge is 2.17. The third kappa shape index (κ3) is 4.39. The van der Waals surface area contributed by atoms with Crippen molar-refractivity contribution in [3.8, 4) is 0 Å². The lowest BCUT2D eigenvalue weighted by Gasteiger charge is -2.06. The summed E-state index contributed by atoms with van der Waals surface area (Å²) in [6, 6.07) is 5.51. The molecule has 0 aliphatic carbocycles. The molecule has 0 saturated carbocycles. The van der Waals surface area contributed by atoms with Gasteiger partial charge in [-0.05, 0) is 37.5 Å². The molecule has 114 valence electrons. The van der Waals surface area contributed by atoms with Gasteiger partial charge in [-0.2, -0.15) is 5.10 Å². The standard InChI is InChI=1S/C15H19FN2O2S/c1-13-11-17-18(12-13)9-5-2-6-10-21(19,20)15-8-4-3-7-14(15)16/h3-4,7-8,11-12H,2,5-6,9-10H2,1H3. The number of hydrogen-bond donors (Lipinski definition) is 0. The Kier molecular flexibility index (Phi) is 5.12. The second-order valence-electron chi connectivity index (χ2n) is 5.09. The Balaban J connectivity index is 1.79. The smallest absolute Gasteiger partial charge is 0.181 e. The van der Waals surface area contributed by atoms with Crippen molar-refractivity contribution >= 4 is 9.84 Å². The largest absolute Gasteiger partial charge is 0.272 e. The SMILES string of the molecule is Cc1cnn(CCCCCS(=O)(=O)c2ccccc2F)c1. The minimum atomic E-state index is -3.53. The summed E-state index contributed by atoms with van der Waals surface area (Å²) < 4.78 is 39.4. The van der Waals surface area contributed by atoms with Crippen molar-refractivity contribution in [2.75, 3.05) is 5.75 Å². The van der Waals surface area contributed by atoms with Crippen molar-refractivity contribution in [2.24, 2.45) is 0 Å². The number of unbranched alkanes of at least 4 members (excludes halogenated alkanes) is 2. The fourth-order valence-corrected chi connectivity index (χ4v) is 3.59. The Morgan fingerprint density at radius 2 is 1.95 bits per heavy atom. The number of nitrogens with zero attached hydrogens (tertiary/aromatic N) is 2. The van der Waals surface area contributed by atoms with Gasteiger partial charge in [-0.1, -0.05) is 18.6 Å². The number of halogens is 1. The van der Waals surface area contributed by atoms with Crippen LogP contribution in [0.1, 0.15) is 24.8 Å². The number of rotatable bonds is 7. The van der Waals surface area contributed by atoms with Gasteiger partial charge in [0.1, 0.15) is 10.7 Å². The molecule has 0 amide bonds. The van der Waals surface area contributed by atoms with Gasteiger partial charge in [-0.3, -0.25) is 4.68 Å². The lowest BCUT2D eigenvalue weighted by atomic mass is 10.2. The fourth-order valence-electron chi connectivity index (χ4n) is 2.14. The van der Waals surface area contributed by atoms with Crippen LogP contribution in [0.3, 0.4) is 0 Å². The molecule has 0 fully saturated rings. The van der Waals surface area contributed by atoms with Crippen LogP contribution in [0, 0.1) is 12.7 Å². The first-order valence-electron chi connectivity index (χ1n) is 6.95. The summed E-state index contributed by atoms with van der Waals surface area (Å²) in [5.41, 5.74) is 1.11. The molecule has 0 aliphatic rings. The molecule has 0 aliphatic heterocycles. The van der Waals surface area contributed by atoms with Crippen LogP contribution in [0.2, 0.25) is 0 Å². The zero-order valence-electron chi connectivity index (χ0n) is 12.0. The third-order valence-corrected chi connectivity index (χ3v) is 5.06. The second kappa shape index (κ2) is 6.85. The van der Waals surface area contributed by atoms with E-state index in [2.05, 4.69) is 5.10 Å². The molecule has 1 aromatic carbocycles. The highest BCUT2D eigenvalue weighted by atomic mass is 32.2. The second-order valence-corrected chi connectivity index (χ2v) is 7.17. The molecule has 0 spiro atoms. The van der Waals surface area contributed by atoms with Crippen molar-refractivity contribution in [1.29, 1.82) is 0 Å². The molecule has 0 saturated heterocycles. The molecular formula is C15H19FN2O2S. The zero-order valence-corrected chi connectivity index (χ0v) is 12.8. The normalized spacial score (nSPS) is 11.7. The maximum atomic E-state index is 13.5. The average molecular weight is 310 g/mol. The van der Waals surface area contributed by atoms with Crippen LogP contribution in [-0.2, 0) is 16.4 Å². The van der Waals surface area contributed by atoms with E-state index < -0.39 is 15.7 Å². The highest BCUT2D eigenvalue weighted by Crippen LogP contribution is 2.16. The van der Waals surface area contributed by atoms with Gasteiger partial charge in [0.25, 0.3) is 0 Å². The first-order chi connectivity index (χ1) is 9.99. The lowest BCUT2D eigenvalue weighted by molar-refractivity contribution is 0.544. The molecule has 2 aromatic rings. The van der Waals surface area contributed by atoms with Crippen LogP contribution in [0.15, 0.2) is 41.6 Å². The first kappa shape index (κ1) is 15.7. The number of aromatic nitrogens is 2. The first-order valence-corrected chi connectivity index (χ1v) is 8.60. The van der Waals surface area contributed by atoms with Gasteiger partial charge in [0, 0.05) is 12.7 Å². The van der Waals surface area contributed by atoms with E-state index in [0.29, 0.717) is 6.42 Å². The van der Waals surface area contributed by atoms with Crippen LogP contribution >= 0.6 is 0 Å². The van der Waals surface area contributed by atoms with E-state index in [1.165, 1.54) is 24.3 Å². The number of hydrogen-bond acceptors (Lipinski definition) is 3. The summed E-state index contributed by atoms with van der Waals surface area (Å²) in [6.45, 7) is 2.75. The molecule has 0 bridgehead atoms. The summed E-state index contributed by atoms with van der Waals surface area (Å²) in [4.78, 5) is -0.201. The Morgan fingerprint density at radius 1 is 1.19 bits per heavy atom. The number of sulfone groups is 1. The molecule has 1 heterocycles. The summed E-state index contributed by atoms with van der Waals surface area (Å²) in [7, 11) is -3.53. The summed E-state index contributed by atoms with van der Waals surface area (Å²) >= 11 is 0. The van der Waals surface area contributed by atoms with E-state index in [0.717, 1.165) is 24.9 Å². The van der Waals surface area contributed by atoms with Crippen molar-refractivity contribution in [3.05, 3.63) is 48.0 Å². The van der Waals surface area contributed by atoms with Crippen LogP contribution in [0.5, 0.6) is 0 Å². The Labute approximate surface area is 124 Å². The molecule has 21 heavy (non-hydrogen) atoms. The molecular weight excluding hydrogens is 291 g/mol. The van der Waals surface area contributed by atoms with Gasteiger partial charge in [-0.15, -0.1) is 0 Å². The highest BCUT2D eigenvalue weighted by molar-refractivity contribution is 7.91. The van der Waals surface area contributed by atoms with Gasteiger partial charge in [0.15, 0.2) is 9.84 Å². The Hall–Kier alpha value is -1.69. The average Bonchev–Trinajstić information content (AvgIpc) is 2.84. The minimum Gasteiger partial charge on any atom is -0.272 e. The zero-order chi connectivity index (χ0) is 15.3. The van der Waals surface area contributed by atoms with Crippen molar-refractivity contribution in [3.63, 3.8) is 0 Å². The molecule has 1 aromatic heterocycles. The molecule has 2 rings (SSSR count). The van der Waals surface area contributed by atoms with Gasteiger partial charge in [-0.25, -0.2) is 12.8 Å². The predicted molar refractivity (Wildman–Crippen MR) is 79.3 cm³/mol. The summed E-state index contributed by atoms with van der Waals surface area (Å²) in [5.74, 6) is -0.698. The lowest BCUT2D eigenvalue weighted by Crippen LogP contribution is -2.09. The van der Waals surface area contributed by atoms with E-state index in [4.69, 9.17) is 0 Å². The molecule has 0 N–H and O–H groups in total. The van der Waals surface area contributed by atoms with E-state index >= 15 is 0 Å². The van der Waals surface area contributed by atoms with E-state index in [-0.39, 0.29) is 10.6 Å². The van der Waals surface area contributed by atoms with Crippen molar-refractivity contribution < 1.29 is 12.8 Å². The number of benzene rings is 1.